The fraction of sp³-hybridized carbons (Fsp3) is 0.609. The Morgan fingerprint density at radius 3 is 2.87 bits per heavy atom. The normalized spacial score (nSPS) is 21.6. The van der Waals surface area contributed by atoms with Crippen LogP contribution in [-0.2, 0) is 17.8 Å². The number of nitrogens with zero attached hydrogens (tertiary/aromatic N) is 4. The minimum Gasteiger partial charge on any atom is -0.490 e. The Morgan fingerprint density at radius 1 is 1.03 bits per heavy atom. The highest BCUT2D eigenvalue weighted by Crippen LogP contribution is 2.32. The first kappa shape index (κ1) is 20.3. The van der Waals surface area contributed by atoms with Crippen LogP contribution in [0.15, 0.2) is 18.2 Å². The summed E-state index contributed by atoms with van der Waals surface area (Å²) < 4.78 is 13.7. The highest BCUT2D eigenvalue weighted by atomic mass is 16.5. The van der Waals surface area contributed by atoms with Gasteiger partial charge in [0, 0.05) is 43.6 Å². The van der Waals surface area contributed by atoms with Crippen molar-refractivity contribution in [1.29, 1.82) is 0 Å². The standard InChI is InChI=1S/C23H31N5O3/c29-22(24-18-8-9-19-20(14-18)31-13-5-12-30-19)16-27-10-4-6-17(15-27)23-26-25-21-7-2-1-3-11-28(21)23/h8-9,14,17H,1-7,10-13,15-16H2,(H,24,29). The van der Waals surface area contributed by atoms with Gasteiger partial charge in [-0.05, 0) is 44.4 Å². The molecular weight excluding hydrogens is 394 g/mol. The van der Waals surface area contributed by atoms with Crippen LogP contribution in [0.25, 0.3) is 0 Å². The SMILES string of the molecule is O=C(CN1CCCC(c2nnc3n2CCCCC3)C1)Nc1ccc2c(c1)OCCCO2. The molecule has 0 saturated carbocycles. The van der Waals surface area contributed by atoms with E-state index in [1.54, 1.807) is 0 Å². The molecule has 1 unspecified atom stereocenters. The van der Waals surface area contributed by atoms with Crippen molar-refractivity contribution in [2.45, 2.75) is 57.4 Å². The number of benzene rings is 1. The first-order chi connectivity index (χ1) is 15.3. The van der Waals surface area contributed by atoms with Crippen LogP contribution in [0.4, 0.5) is 5.69 Å². The van der Waals surface area contributed by atoms with Gasteiger partial charge in [0.25, 0.3) is 0 Å². The van der Waals surface area contributed by atoms with Crippen molar-refractivity contribution in [3.8, 4) is 11.5 Å². The molecular formula is C23H31N5O3. The van der Waals surface area contributed by atoms with Gasteiger partial charge in [-0.15, -0.1) is 10.2 Å². The van der Waals surface area contributed by atoms with Crippen LogP contribution in [0.3, 0.4) is 0 Å². The Hall–Kier alpha value is -2.61. The van der Waals surface area contributed by atoms with Crippen molar-refractivity contribution in [3.63, 3.8) is 0 Å². The summed E-state index contributed by atoms with van der Waals surface area (Å²) in [6, 6.07) is 5.59. The van der Waals surface area contributed by atoms with Crippen LogP contribution in [0.2, 0.25) is 0 Å². The number of likely N-dealkylation sites (tertiary alicyclic amines) is 1. The molecule has 1 aromatic carbocycles. The molecule has 0 bridgehead atoms. The lowest BCUT2D eigenvalue weighted by atomic mass is 9.97. The number of piperidine rings is 1. The number of carbonyl (C=O) groups is 1. The summed E-state index contributed by atoms with van der Waals surface area (Å²) >= 11 is 0. The Morgan fingerprint density at radius 2 is 1.94 bits per heavy atom. The quantitative estimate of drug-likeness (QED) is 0.811. The summed E-state index contributed by atoms with van der Waals surface area (Å²) in [6.45, 7) is 4.49. The van der Waals surface area contributed by atoms with E-state index >= 15 is 0 Å². The predicted molar refractivity (Wildman–Crippen MR) is 117 cm³/mol. The van der Waals surface area contributed by atoms with Gasteiger partial charge in [0.2, 0.25) is 5.91 Å². The van der Waals surface area contributed by atoms with E-state index in [-0.39, 0.29) is 5.91 Å². The number of aryl methyl sites for hydroxylation is 1. The summed E-state index contributed by atoms with van der Waals surface area (Å²) in [7, 11) is 0. The van der Waals surface area contributed by atoms with Crippen LogP contribution in [-0.4, -0.2) is 58.4 Å². The summed E-state index contributed by atoms with van der Waals surface area (Å²) in [6.07, 6.45) is 7.74. The largest absolute Gasteiger partial charge is 0.490 e. The Kier molecular flexibility index (Phi) is 6.06. The monoisotopic (exact) mass is 425 g/mol. The summed E-state index contributed by atoms with van der Waals surface area (Å²) in [4.78, 5) is 15.0. The van der Waals surface area contributed by atoms with Gasteiger partial charge in [-0.3, -0.25) is 9.69 Å². The molecule has 166 valence electrons. The minimum absolute atomic E-state index is 0.00443. The molecule has 31 heavy (non-hydrogen) atoms. The zero-order valence-corrected chi connectivity index (χ0v) is 18.0. The van der Waals surface area contributed by atoms with Gasteiger partial charge < -0.3 is 19.4 Å². The van der Waals surface area contributed by atoms with E-state index in [2.05, 4.69) is 25.0 Å². The van der Waals surface area contributed by atoms with E-state index in [9.17, 15) is 4.79 Å². The molecule has 8 nitrogen and oxygen atoms in total. The predicted octanol–water partition coefficient (Wildman–Crippen LogP) is 2.98. The van der Waals surface area contributed by atoms with Crippen molar-refractivity contribution in [2.75, 3.05) is 38.2 Å². The van der Waals surface area contributed by atoms with Gasteiger partial charge >= 0.3 is 0 Å². The lowest BCUT2D eigenvalue weighted by Gasteiger charge is -2.31. The second-order valence-electron chi connectivity index (χ2n) is 8.77. The van der Waals surface area contributed by atoms with E-state index in [0.29, 0.717) is 31.4 Å². The molecule has 1 atom stereocenters. The molecule has 1 aromatic heterocycles. The number of fused-ring (bicyclic) bond motifs is 2. The second-order valence-corrected chi connectivity index (χ2v) is 8.77. The van der Waals surface area contributed by atoms with Gasteiger partial charge in [0.05, 0.1) is 19.8 Å². The molecule has 0 aliphatic carbocycles. The van der Waals surface area contributed by atoms with Crippen molar-refractivity contribution in [1.82, 2.24) is 19.7 Å². The minimum atomic E-state index is -0.00443. The highest BCUT2D eigenvalue weighted by molar-refractivity contribution is 5.92. The maximum Gasteiger partial charge on any atom is 0.238 e. The molecule has 8 heteroatoms. The third kappa shape index (κ3) is 4.69. The number of carbonyl (C=O) groups excluding carboxylic acids is 1. The van der Waals surface area contributed by atoms with Crippen LogP contribution in [0.5, 0.6) is 11.5 Å². The number of nitrogens with one attached hydrogen (secondary N) is 1. The second kappa shape index (κ2) is 9.26. The number of ether oxygens (including phenoxy) is 2. The molecule has 2 aromatic rings. The molecule has 4 heterocycles. The Labute approximate surface area is 182 Å². The average Bonchev–Trinajstić information content (AvgIpc) is 2.93. The molecule has 3 aliphatic heterocycles. The third-order valence-electron chi connectivity index (χ3n) is 6.41. The van der Waals surface area contributed by atoms with Crippen LogP contribution >= 0.6 is 0 Å². The number of hydrogen-bond acceptors (Lipinski definition) is 6. The lowest BCUT2D eigenvalue weighted by Crippen LogP contribution is -2.40. The molecule has 1 saturated heterocycles. The average molecular weight is 426 g/mol. The number of anilines is 1. The van der Waals surface area contributed by atoms with Crippen molar-refractivity contribution >= 4 is 11.6 Å². The van der Waals surface area contributed by atoms with Crippen LogP contribution in [0, 0.1) is 0 Å². The van der Waals surface area contributed by atoms with E-state index < -0.39 is 0 Å². The molecule has 1 fully saturated rings. The van der Waals surface area contributed by atoms with Gasteiger partial charge in [-0.1, -0.05) is 6.42 Å². The third-order valence-corrected chi connectivity index (χ3v) is 6.41. The lowest BCUT2D eigenvalue weighted by molar-refractivity contribution is -0.117. The topological polar surface area (TPSA) is 81.5 Å². The van der Waals surface area contributed by atoms with Gasteiger partial charge in [-0.25, -0.2) is 0 Å². The highest BCUT2D eigenvalue weighted by Gasteiger charge is 2.28. The number of hydrogen-bond donors (Lipinski definition) is 1. The summed E-state index contributed by atoms with van der Waals surface area (Å²) in [5, 5.41) is 12.0. The molecule has 1 amide bonds. The van der Waals surface area contributed by atoms with Gasteiger partial charge in [0.1, 0.15) is 11.6 Å². The first-order valence-electron chi connectivity index (χ1n) is 11.6. The zero-order chi connectivity index (χ0) is 21.0. The molecule has 3 aliphatic rings. The van der Waals surface area contributed by atoms with E-state index in [4.69, 9.17) is 9.47 Å². The molecule has 0 radical (unpaired) electrons. The van der Waals surface area contributed by atoms with E-state index in [1.165, 1.54) is 19.3 Å². The Balaban J connectivity index is 1.20. The molecule has 0 spiro atoms. The maximum absolute atomic E-state index is 12.7. The van der Waals surface area contributed by atoms with Gasteiger partial charge in [-0.2, -0.15) is 0 Å². The van der Waals surface area contributed by atoms with Crippen LogP contribution < -0.4 is 14.8 Å². The first-order valence-corrected chi connectivity index (χ1v) is 11.6. The summed E-state index contributed by atoms with van der Waals surface area (Å²) in [5.74, 6) is 4.03. The number of rotatable bonds is 4. The van der Waals surface area contributed by atoms with Crippen LogP contribution in [0.1, 0.15) is 56.1 Å². The molecule has 1 N–H and O–H groups in total. The summed E-state index contributed by atoms with van der Waals surface area (Å²) in [5.41, 5.74) is 0.741. The number of aromatic nitrogens is 3. The van der Waals surface area contributed by atoms with E-state index in [0.717, 1.165) is 68.4 Å². The fourth-order valence-corrected chi connectivity index (χ4v) is 4.86. The zero-order valence-electron chi connectivity index (χ0n) is 18.0. The Bertz CT molecular complexity index is 928. The maximum atomic E-state index is 12.7. The smallest absolute Gasteiger partial charge is 0.238 e. The van der Waals surface area contributed by atoms with Crippen molar-refractivity contribution in [2.24, 2.45) is 0 Å². The fourth-order valence-electron chi connectivity index (χ4n) is 4.86. The van der Waals surface area contributed by atoms with Crippen molar-refractivity contribution < 1.29 is 14.3 Å². The van der Waals surface area contributed by atoms with Gasteiger partial charge in [0.15, 0.2) is 11.5 Å². The number of amides is 1. The van der Waals surface area contributed by atoms with Crippen molar-refractivity contribution in [3.05, 3.63) is 29.8 Å². The molecule has 5 rings (SSSR count). The van der Waals surface area contributed by atoms with E-state index in [1.807, 2.05) is 18.2 Å².